The van der Waals surface area contributed by atoms with E-state index < -0.39 is 4.92 Å². The van der Waals surface area contributed by atoms with Crippen LogP contribution in [0.2, 0.25) is 0 Å². The highest BCUT2D eigenvalue weighted by Gasteiger charge is 2.14. The number of hydrogen-bond acceptors (Lipinski definition) is 7. The van der Waals surface area contributed by atoms with Gasteiger partial charge < -0.3 is 9.47 Å². The Bertz CT molecular complexity index is 1090. The summed E-state index contributed by atoms with van der Waals surface area (Å²) < 4.78 is 12.9. The first-order valence-electron chi connectivity index (χ1n) is 8.21. The predicted octanol–water partition coefficient (Wildman–Crippen LogP) is 3.63. The third kappa shape index (κ3) is 4.23. The highest BCUT2D eigenvalue weighted by Crippen LogP contribution is 2.28. The molecule has 3 aromatic rings. The zero-order valence-corrected chi connectivity index (χ0v) is 16.0. The van der Waals surface area contributed by atoms with Crippen LogP contribution >= 0.6 is 12.2 Å². The van der Waals surface area contributed by atoms with E-state index in [0.717, 1.165) is 11.1 Å². The maximum atomic E-state index is 11.1. The number of H-pyrrole nitrogens is 1. The molecule has 0 aliphatic carbocycles. The maximum Gasteiger partial charge on any atom is 0.310 e. The van der Waals surface area contributed by atoms with Gasteiger partial charge in [0.15, 0.2) is 5.75 Å². The zero-order valence-electron chi connectivity index (χ0n) is 15.2. The third-order valence-corrected chi connectivity index (χ3v) is 4.15. The summed E-state index contributed by atoms with van der Waals surface area (Å²) in [7, 11) is 1.55. The average molecular weight is 399 g/mol. The fourth-order valence-corrected chi connectivity index (χ4v) is 2.73. The molecule has 0 unspecified atom stereocenters. The fraction of sp³-hybridized carbons (Fsp3) is 0.167. The standard InChI is InChI=1S/C18H17N5O4S/c1-12-20-21-18(28)22(12)19-10-13-7-8-16(26-2)14(9-13)11-27-17-6-4-3-5-15(17)23(24)25/h3-10H,11H2,1-2H3,(H,21,28)/b19-10-. The van der Waals surface area contributed by atoms with Gasteiger partial charge in [-0.3, -0.25) is 15.2 Å². The molecule has 0 saturated carbocycles. The van der Waals surface area contributed by atoms with Crippen LogP contribution in [0.1, 0.15) is 17.0 Å². The van der Waals surface area contributed by atoms with Crippen LogP contribution < -0.4 is 9.47 Å². The molecule has 0 aliphatic rings. The minimum atomic E-state index is -0.480. The molecule has 0 saturated heterocycles. The van der Waals surface area contributed by atoms with Crippen LogP contribution in [0.15, 0.2) is 47.6 Å². The lowest BCUT2D eigenvalue weighted by Gasteiger charge is -2.11. The lowest BCUT2D eigenvalue weighted by atomic mass is 10.1. The highest BCUT2D eigenvalue weighted by atomic mass is 32.1. The van der Waals surface area contributed by atoms with E-state index in [-0.39, 0.29) is 18.0 Å². The van der Waals surface area contributed by atoms with Gasteiger partial charge >= 0.3 is 5.69 Å². The van der Waals surface area contributed by atoms with Crippen LogP contribution in [0.5, 0.6) is 11.5 Å². The number of nitro groups is 1. The molecule has 0 bridgehead atoms. The average Bonchev–Trinajstić information content (AvgIpc) is 3.02. The fourth-order valence-electron chi connectivity index (χ4n) is 2.51. The lowest BCUT2D eigenvalue weighted by molar-refractivity contribution is -0.385. The van der Waals surface area contributed by atoms with Crippen LogP contribution in [0, 0.1) is 21.8 Å². The molecule has 0 fully saturated rings. The summed E-state index contributed by atoms with van der Waals surface area (Å²) in [5.74, 6) is 1.43. The van der Waals surface area contributed by atoms with Gasteiger partial charge in [0.2, 0.25) is 4.77 Å². The quantitative estimate of drug-likeness (QED) is 0.281. The summed E-state index contributed by atoms with van der Waals surface area (Å²) in [6, 6.07) is 11.7. The number of nitrogens with zero attached hydrogens (tertiary/aromatic N) is 4. The van der Waals surface area contributed by atoms with Crippen molar-refractivity contribution < 1.29 is 14.4 Å². The predicted molar refractivity (Wildman–Crippen MR) is 106 cm³/mol. The van der Waals surface area contributed by atoms with Gasteiger partial charge in [0.1, 0.15) is 18.2 Å². The summed E-state index contributed by atoms with van der Waals surface area (Å²) in [4.78, 5) is 10.6. The number of methoxy groups -OCH3 is 1. The van der Waals surface area contributed by atoms with E-state index in [0.29, 0.717) is 16.3 Å². The molecule has 3 rings (SSSR count). The van der Waals surface area contributed by atoms with E-state index in [4.69, 9.17) is 21.7 Å². The molecule has 1 heterocycles. The minimum Gasteiger partial charge on any atom is -0.496 e. The van der Waals surface area contributed by atoms with Gasteiger partial charge in [-0.15, -0.1) is 0 Å². The molecule has 0 radical (unpaired) electrons. The molecule has 1 aromatic heterocycles. The monoisotopic (exact) mass is 399 g/mol. The topological polar surface area (TPSA) is 108 Å². The van der Waals surface area contributed by atoms with Gasteiger partial charge in [-0.2, -0.15) is 14.9 Å². The summed E-state index contributed by atoms with van der Waals surface area (Å²) in [5, 5.41) is 22.1. The Kier molecular flexibility index (Phi) is 5.80. The number of para-hydroxylation sites is 2. The van der Waals surface area contributed by atoms with Crippen molar-refractivity contribution in [1.82, 2.24) is 14.9 Å². The Morgan fingerprint density at radius 1 is 1.32 bits per heavy atom. The molecule has 0 spiro atoms. The second-order valence-corrected chi connectivity index (χ2v) is 6.10. The third-order valence-electron chi connectivity index (χ3n) is 3.88. The summed E-state index contributed by atoms with van der Waals surface area (Å²) >= 11 is 5.12. The minimum absolute atomic E-state index is 0.0935. The van der Waals surface area contributed by atoms with Crippen molar-refractivity contribution in [3.8, 4) is 11.5 Å². The van der Waals surface area contributed by atoms with Crippen LogP contribution in [0.4, 0.5) is 5.69 Å². The second kappa shape index (κ2) is 8.44. The van der Waals surface area contributed by atoms with Crippen LogP contribution in [0.25, 0.3) is 0 Å². The van der Waals surface area contributed by atoms with E-state index in [1.54, 1.807) is 44.5 Å². The van der Waals surface area contributed by atoms with Crippen LogP contribution in [-0.2, 0) is 6.61 Å². The molecule has 28 heavy (non-hydrogen) atoms. The number of ether oxygens (including phenoxy) is 2. The van der Waals surface area contributed by atoms with Crippen molar-refractivity contribution in [2.45, 2.75) is 13.5 Å². The first-order valence-corrected chi connectivity index (χ1v) is 8.62. The van der Waals surface area contributed by atoms with Crippen molar-refractivity contribution in [2.75, 3.05) is 7.11 Å². The number of aromatic amines is 1. The SMILES string of the molecule is COc1ccc(/C=N\n2c(C)n[nH]c2=S)cc1COc1ccccc1[N+](=O)[O-]. The number of rotatable bonds is 7. The van der Waals surface area contributed by atoms with Crippen molar-refractivity contribution in [2.24, 2.45) is 5.10 Å². The number of nitrogens with one attached hydrogen (secondary N) is 1. The second-order valence-electron chi connectivity index (χ2n) is 5.72. The summed E-state index contributed by atoms with van der Waals surface area (Å²) in [6.45, 7) is 1.88. The number of hydrogen-bond donors (Lipinski definition) is 1. The smallest absolute Gasteiger partial charge is 0.310 e. The molecule has 0 amide bonds. The molecule has 10 heteroatoms. The van der Waals surface area contributed by atoms with Gasteiger partial charge in [-0.05, 0) is 49.0 Å². The van der Waals surface area contributed by atoms with Gasteiger partial charge in [0, 0.05) is 11.6 Å². The molecule has 1 N–H and O–H groups in total. The Hall–Kier alpha value is -3.53. The van der Waals surface area contributed by atoms with Crippen molar-refractivity contribution >= 4 is 24.1 Å². The van der Waals surface area contributed by atoms with Gasteiger partial charge in [0.25, 0.3) is 0 Å². The molecule has 144 valence electrons. The number of nitro benzene ring substituents is 1. The Balaban J connectivity index is 1.84. The van der Waals surface area contributed by atoms with E-state index in [1.165, 1.54) is 10.7 Å². The van der Waals surface area contributed by atoms with Crippen LogP contribution in [-0.4, -0.2) is 33.1 Å². The molecule has 2 aromatic carbocycles. The van der Waals surface area contributed by atoms with E-state index in [1.807, 2.05) is 12.1 Å². The van der Waals surface area contributed by atoms with Gasteiger partial charge in [0.05, 0.1) is 18.2 Å². The lowest BCUT2D eigenvalue weighted by Crippen LogP contribution is -2.02. The Labute approximate surface area is 165 Å². The summed E-state index contributed by atoms with van der Waals surface area (Å²) in [5.41, 5.74) is 1.41. The van der Waals surface area contributed by atoms with Gasteiger partial charge in [-0.1, -0.05) is 12.1 Å². The molecule has 0 aliphatic heterocycles. The van der Waals surface area contributed by atoms with E-state index in [9.17, 15) is 10.1 Å². The number of benzene rings is 2. The number of aryl methyl sites for hydroxylation is 1. The highest BCUT2D eigenvalue weighted by molar-refractivity contribution is 7.71. The molecule has 0 atom stereocenters. The Morgan fingerprint density at radius 3 is 2.79 bits per heavy atom. The summed E-state index contributed by atoms with van der Waals surface area (Å²) in [6.07, 6.45) is 1.63. The van der Waals surface area contributed by atoms with Crippen molar-refractivity contribution in [1.29, 1.82) is 0 Å². The van der Waals surface area contributed by atoms with E-state index in [2.05, 4.69) is 15.3 Å². The van der Waals surface area contributed by atoms with E-state index >= 15 is 0 Å². The first-order chi connectivity index (χ1) is 13.5. The molecule has 9 nitrogen and oxygen atoms in total. The largest absolute Gasteiger partial charge is 0.496 e. The van der Waals surface area contributed by atoms with Crippen LogP contribution in [0.3, 0.4) is 0 Å². The zero-order chi connectivity index (χ0) is 20.1. The van der Waals surface area contributed by atoms with Crippen molar-refractivity contribution in [3.05, 3.63) is 74.3 Å². The normalized spacial score (nSPS) is 10.9. The van der Waals surface area contributed by atoms with Crippen molar-refractivity contribution in [3.63, 3.8) is 0 Å². The molecular formula is C18H17N5O4S. The number of aromatic nitrogens is 3. The first kappa shape index (κ1) is 19.2. The molecular weight excluding hydrogens is 382 g/mol. The maximum absolute atomic E-state index is 11.1. The Morgan fingerprint density at radius 2 is 2.11 bits per heavy atom. The van der Waals surface area contributed by atoms with Gasteiger partial charge in [-0.25, -0.2) is 0 Å².